The van der Waals surface area contributed by atoms with Crippen LogP contribution < -0.4 is 0 Å². The Kier molecular flexibility index (Phi) is 6.82. The highest BCUT2D eigenvalue weighted by atomic mass is 32.2. The zero-order chi connectivity index (χ0) is 14.0. The number of hydrogen-bond acceptors (Lipinski definition) is 2. The summed E-state index contributed by atoms with van der Waals surface area (Å²) in [6, 6.07) is 21.2. The summed E-state index contributed by atoms with van der Waals surface area (Å²) in [7, 11) is 0. The largest absolute Gasteiger partial charge is 0.143 e. The van der Waals surface area contributed by atoms with E-state index in [1.54, 1.807) is 0 Å². The molecular formula is C18H20S2. The van der Waals surface area contributed by atoms with Gasteiger partial charge in [0, 0.05) is 5.75 Å². The van der Waals surface area contributed by atoms with Crippen molar-refractivity contribution in [3.8, 4) is 0 Å². The summed E-state index contributed by atoms with van der Waals surface area (Å²) in [5.74, 6) is 2.19. The van der Waals surface area contributed by atoms with Gasteiger partial charge in [0.25, 0.3) is 0 Å². The van der Waals surface area contributed by atoms with Crippen molar-refractivity contribution in [3.05, 3.63) is 77.9 Å². The molecule has 0 spiro atoms. The molecule has 0 aliphatic heterocycles. The van der Waals surface area contributed by atoms with Gasteiger partial charge in [0.15, 0.2) is 0 Å². The Balaban J connectivity index is 1.88. The third kappa shape index (κ3) is 5.10. The second-order valence-corrected chi connectivity index (χ2v) is 7.16. The topological polar surface area (TPSA) is 0 Å². The smallest absolute Gasteiger partial charge is 0.0754 e. The van der Waals surface area contributed by atoms with Gasteiger partial charge in [-0.2, -0.15) is 0 Å². The molecule has 2 rings (SSSR count). The summed E-state index contributed by atoms with van der Waals surface area (Å²) >= 11 is 4.00. The maximum Gasteiger partial charge on any atom is 0.0754 e. The number of thioether (sulfide) groups is 2. The van der Waals surface area contributed by atoms with Crippen LogP contribution in [0.2, 0.25) is 0 Å². The van der Waals surface area contributed by atoms with Crippen molar-refractivity contribution in [1.82, 2.24) is 0 Å². The van der Waals surface area contributed by atoms with E-state index in [0.29, 0.717) is 4.58 Å². The highest BCUT2D eigenvalue weighted by Crippen LogP contribution is 2.39. The van der Waals surface area contributed by atoms with Crippen LogP contribution in [0, 0.1) is 0 Å². The Morgan fingerprint density at radius 1 is 0.900 bits per heavy atom. The molecule has 0 fully saturated rings. The fraction of sp³-hybridized carbons (Fsp3) is 0.222. The molecule has 2 aromatic carbocycles. The van der Waals surface area contributed by atoms with Gasteiger partial charge in [-0.15, -0.1) is 23.5 Å². The van der Waals surface area contributed by atoms with E-state index >= 15 is 0 Å². The van der Waals surface area contributed by atoms with Crippen LogP contribution in [0.4, 0.5) is 0 Å². The maximum absolute atomic E-state index is 2.26. The molecule has 0 saturated heterocycles. The van der Waals surface area contributed by atoms with Gasteiger partial charge in [0.05, 0.1) is 4.58 Å². The Morgan fingerprint density at radius 3 is 2.20 bits per heavy atom. The Bertz CT molecular complexity index is 505. The lowest BCUT2D eigenvalue weighted by Gasteiger charge is -2.14. The van der Waals surface area contributed by atoms with E-state index < -0.39 is 0 Å². The average molecular weight is 300 g/mol. The van der Waals surface area contributed by atoms with Gasteiger partial charge in [-0.3, -0.25) is 0 Å². The van der Waals surface area contributed by atoms with Crippen molar-refractivity contribution in [1.29, 1.82) is 0 Å². The van der Waals surface area contributed by atoms with E-state index in [9.17, 15) is 0 Å². The molecule has 0 heterocycles. The molecule has 0 aliphatic carbocycles. The fourth-order valence-corrected chi connectivity index (χ4v) is 4.31. The van der Waals surface area contributed by atoms with Crippen molar-refractivity contribution < 1.29 is 0 Å². The predicted octanol–water partition coefficient (Wildman–Crippen LogP) is 5.88. The van der Waals surface area contributed by atoms with Crippen molar-refractivity contribution in [2.75, 3.05) is 11.5 Å². The van der Waals surface area contributed by atoms with Gasteiger partial charge < -0.3 is 0 Å². The third-order valence-corrected chi connectivity index (χ3v) is 5.53. The third-order valence-electron chi connectivity index (χ3n) is 2.84. The van der Waals surface area contributed by atoms with E-state index in [4.69, 9.17) is 0 Å². The number of rotatable bonds is 7. The molecule has 2 heteroatoms. The van der Waals surface area contributed by atoms with Gasteiger partial charge >= 0.3 is 0 Å². The van der Waals surface area contributed by atoms with Gasteiger partial charge in [-0.05, 0) is 16.9 Å². The molecule has 1 unspecified atom stereocenters. The molecule has 0 bridgehead atoms. The molecule has 0 N–H and O–H groups in total. The van der Waals surface area contributed by atoms with Crippen LogP contribution >= 0.6 is 23.5 Å². The highest BCUT2D eigenvalue weighted by Gasteiger charge is 2.09. The summed E-state index contributed by atoms with van der Waals surface area (Å²) in [5.41, 5.74) is 2.69. The summed E-state index contributed by atoms with van der Waals surface area (Å²) in [6.07, 6.45) is 4.46. The SMILES string of the molecule is CCSC(SC/C=C/c1ccccc1)c1ccccc1. The van der Waals surface area contributed by atoms with Gasteiger partial charge in [-0.25, -0.2) is 0 Å². The fourth-order valence-electron chi connectivity index (χ4n) is 1.89. The summed E-state index contributed by atoms with van der Waals surface area (Å²) < 4.78 is 0.529. The van der Waals surface area contributed by atoms with Crippen LogP contribution in [-0.2, 0) is 0 Å². The average Bonchev–Trinajstić information content (AvgIpc) is 2.52. The van der Waals surface area contributed by atoms with Crippen LogP contribution in [0.5, 0.6) is 0 Å². The maximum atomic E-state index is 2.26. The zero-order valence-corrected chi connectivity index (χ0v) is 13.4. The van der Waals surface area contributed by atoms with Crippen molar-refractivity contribution in [2.24, 2.45) is 0 Å². The Morgan fingerprint density at radius 2 is 1.55 bits per heavy atom. The first-order valence-corrected chi connectivity index (χ1v) is 8.99. The second-order valence-electron chi connectivity index (χ2n) is 4.34. The molecule has 0 nitrogen and oxygen atoms in total. The predicted molar refractivity (Wildman–Crippen MR) is 95.2 cm³/mol. The summed E-state index contributed by atoms with van der Waals surface area (Å²) in [6.45, 7) is 2.22. The highest BCUT2D eigenvalue weighted by molar-refractivity contribution is 8.16. The van der Waals surface area contributed by atoms with E-state index in [2.05, 4.69) is 79.7 Å². The lowest BCUT2D eigenvalue weighted by molar-refractivity contribution is 1.36. The quantitative estimate of drug-likeness (QED) is 0.585. The molecule has 0 aromatic heterocycles. The van der Waals surface area contributed by atoms with Gasteiger partial charge in [0.1, 0.15) is 0 Å². The van der Waals surface area contributed by atoms with E-state index in [0.717, 1.165) is 11.5 Å². The Labute approximate surface area is 130 Å². The minimum Gasteiger partial charge on any atom is -0.143 e. The summed E-state index contributed by atoms with van der Waals surface area (Å²) in [5, 5.41) is 0. The lowest BCUT2D eigenvalue weighted by Crippen LogP contribution is -1.90. The molecule has 20 heavy (non-hydrogen) atoms. The first-order chi connectivity index (χ1) is 9.90. The first kappa shape index (κ1) is 15.3. The summed E-state index contributed by atoms with van der Waals surface area (Å²) in [4.78, 5) is 0. The van der Waals surface area contributed by atoms with Gasteiger partial charge in [0.2, 0.25) is 0 Å². The van der Waals surface area contributed by atoms with Crippen molar-refractivity contribution in [3.63, 3.8) is 0 Å². The molecule has 2 aromatic rings. The van der Waals surface area contributed by atoms with Crippen LogP contribution in [0.15, 0.2) is 66.7 Å². The monoisotopic (exact) mass is 300 g/mol. The van der Waals surface area contributed by atoms with Gasteiger partial charge in [-0.1, -0.05) is 79.7 Å². The molecule has 104 valence electrons. The van der Waals surface area contributed by atoms with Crippen molar-refractivity contribution in [2.45, 2.75) is 11.5 Å². The molecule has 0 aliphatic rings. The van der Waals surface area contributed by atoms with Crippen LogP contribution in [0.1, 0.15) is 22.6 Å². The molecule has 0 saturated carbocycles. The molecular weight excluding hydrogens is 280 g/mol. The van der Waals surface area contributed by atoms with Crippen LogP contribution in [-0.4, -0.2) is 11.5 Å². The molecule has 1 atom stereocenters. The normalized spacial score (nSPS) is 12.7. The second kappa shape index (κ2) is 8.93. The van der Waals surface area contributed by atoms with Crippen molar-refractivity contribution >= 4 is 29.6 Å². The van der Waals surface area contributed by atoms with Crippen LogP contribution in [0.3, 0.4) is 0 Å². The van der Waals surface area contributed by atoms with E-state index in [-0.39, 0.29) is 0 Å². The molecule has 0 amide bonds. The standard InChI is InChI=1S/C18H20S2/c1-2-19-18(17-13-7-4-8-14-17)20-15-9-12-16-10-5-3-6-11-16/h3-14,18H,2,15H2,1H3/b12-9+. The van der Waals surface area contributed by atoms with E-state index in [1.165, 1.54) is 11.1 Å². The first-order valence-electron chi connectivity index (χ1n) is 6.90. The zero-order valence-electron chi connectivity index (χ0n) is 11.7. The minimum absolute atomic E-state index is 0.529. The minimum atomic E-state index is 0.529. The van der Waals surface area contributed by atoms with E-state index in [1.807, 2.05) is 23.5 Å². The van der Waals surface area contributed by atoms with Crippen LogP contribution in [0.25, 0.3) is 6.08 Å². The molecule has 0 radical (unpaired) electrons. The number of hydrogen-bond donors (Lipinski definition) is 0. The Hall–Kier alpha value is -1.12. The number of benzene rings is 2. The lowest BCUT2D eigenvalue weighted by atomic mass is 10.2.